The van der Waals surface area contributed by atoms with Crippen LogP contribution in [0.15, 0.2) is 61.2 Å². The highest BCUT2D eigenvalue weighted by molar-refractivity contribution is 5.94. The second kappa shape index (κ2) is 7.52. The zero-order chi connectivity index (χ0) is 18.5. The number of aromatic nitrogens is 3. The summed E-state index contributed by atoms with van der Waals surface area (Å²) in [6.45, 7) is 1.85. The normalized spacial score (nSPS) is 11.6. The predicted octanol–water partition coefficient (Wildman–Crippen LogP) is 2.73. The van der Waals surface area contributed by atoms with Crippen molar-refractivity contribution in [2.75, 3.05) is 0 Å². The summed E-state index contributed by atoms with van der Waals surface area (Å²) in [6.07, 6.45) is 4.94. The third-order valence-corrected chi connectivity index (χ3v) is 3.85. The van der Waals surface area contributed by atoms with Crippen molar-refractivity contribution in [3.8, 4) is 11.1 Å². The third kappa shape index (κ3) is 3.89. The number of aromatic carboxylic acids is 1. The summed E-state index contributed by atoms with van der Waals surface area (Å²) < 4.78 is 0. The number of pyridine rings is 1. The van der Waals surface area contributed by atoms with Gasteiger partial charge in [0.15, 0.2) is 0 Å². The standard InChI is InChI=1S/C19H16N4O3/c1-12(22-18(24)16-3-2-4-17(23-16)19(25)26)13-5-7-14(8-6-13)15-9-20-11-21-10-15/h2-12H,1H3,(H,22,24)(H,25,26). The van der Waals surface area contributed by atoms with Crippen LogP contribution in [0.25, 0.3) is 11.1 Å². The van der Waals surface area contributed by atoms with Crippen LogP contribution in [-0.4, -0.2) is 31.9 Å². The molecule has 0 bridgehead atoms. The van der Waals surface area contributed by atoms with Crippen LogP contribution in [0, 0.1) is 0 Å². The lowest BCUT2D eigenvalue weighted by Gasteiger charge is -2.14. The summed E-state index contributed by atoms with van der Waals surface area (Å²) >= 11 is 0. The molecule has 0 aliphatic heterocycles. The smallest absolute Gasteiger partial charge is 0.354 e. The molecule has 1 aromatic carbocycles. The summed E-state index contributed by atoms with van der Waals surface area (Å²) in [5.74, 6) is -1.60. The van der Waals surface area contributed by atoms with Crippen molar-refractivity contribution in [1.29, 1.82) is 0 Å². The van der Waals surface area contributed by atoms with Gasteiger partial charge in [0.1, 0.15) is 17.7 Å². The van der Waals surface area contributed by atoms with Gasteiger partial charge in [0, 0.05) is 18.0 Å². The van der Waals surface area contributed by atoms with E-state index in [4.69, 9.17) is 5.11 Å². The number of carboxylic acids is 1. The zero-order valence-electron chi connectivity index (χ0n) is 14.0. The Bertz CT molecular complexity index is 927. The highest BCUT2D eigenvalue weighted by atomic mass is 16.4. The van der Waals surface area contributed by atoms with Crippen LogP contribution in [-0.2, 0) is 0 Å². The van der Waals surface area contributed by atoms with Gasteiger partial charge in [-0.2, -0.15) is 0 Å². The molecule has 7 heteroatoms. The van der Waals surface area contributed by atoms with Gasteiger partial charge in [-0.15, -0.1) is 0 Å². The van der Waals surface area contributed by atoms with E-state index in [0.29, 0.717) is 0 Å². The van der Waals surface area contributed by atoms with E-state index in [-0.39, 0.29) is 17.4 Å². The Balaban J connectivity index is 1.71. The van der Waals surface area contributed by atoms with E-state index in [1.54, 1.807) is 12.4 Å². The maximum absolute atomic E-state index is 12.3. The first-order valence-electron chi connectivity index (χ1n) is 7.91. The van der Waals surface area contributed by atoms with Crippen molar-refractivity contribution in [2.24, 2.45) is 0 Å². The molecule has 3 rings (SSSR count). The Kier molecular flexibility index (Phi) is 4.98. The lowest BCUT2D eigenvalue weighted by atomic mass is 10.0. The molecule has 0 saturated heterocycles. The quantitative estimate of drug-likeness (QED) is 0.734. The van der Waals surface area contributed by atoms with Crippen LogP contribution in [0.5, 0.6) is 0 Å². The molecule has 0 saturated carbocycles. The van der Waals surface area contributed by atoms with Gasteiger partial charge in [0.2, 0.25) is 0 Å². The van der Waals surface area contributed by atoms with E-state index < -0.39 is 11.9 Å². The molecule has 7 nitrogen and oxygen atoms in total. The van der Waals surface area contributed by atoms with Crippen molar-refractivity contribution < 1.29 is 14.7 Å². The lowest BCUT2D eigenvalue weighted by Crippen LogP contribution is -2.27. The van der Waals surface area contributed by atoms with Gasteiger partial charge < -0.3 is 10.4 Å². The van der Waals surface area contributed by atoms with Gasteiger partial charge >= 0.3 is 5.97 Å². The SMILES string of the molecule is CC(NC(=O)c1cccc(C(=O)O)n1)c1ccc(-c2cncnc2)cc1. The topological polar surface area (TPSA) is 105 Å². The largest absolute Gasteiger partial charge is 0.477 e. The molecule has 0 radical (unpaired) electrons. The maximum Gasteiger partial charge on any atom is 0.354 e. The molecular formula is C19H16N4O3. The van der Waals surface area contributed by atoms with Crippen LogP contribution in [0.4, 0.5) is 0 Å². The van der Waals surface area contributed by atoms with Crippen LogP contribution < -0.4 is 5.32 Å². The number of nitrogens with zero attached hydrogens (tertiary/aromatic N) is 3. The third-order valence-electron chi connectivity index (χ3n) is 3.85. The molecule has 0 spiro atoms. The summed E-state index contributed by atoms with van der Waals surface area (Å²) in [5, 5.41) is 11.8. The van der Waals surface area contributed by atoms with Crippen LogP contribution >= 0.6 is 0 Å². The fourth-order valence-electron chi connectivity index (χ4n) is 2.45. The van der Waals surface area contributed by atoms with E-state index in [0.717, 1.165) is 16.7 Å². The van der Waals surface area contributed by atoms with E-state index in [9.17, 15) is 9.59 Å². The fourth-order valence-corrected chi connectivity index (χ4v) is 2.45. The molecule has 1 unspecified atom stereocenters. The van der Waals surface area contributed by atoms with Gasteiger partial charge in [-0.3, -0.25) is 4.79 Å². The highest BCUT2D eigenvalue weighted by Gasteiger charge is 2.14. The van der Waals surface area contributed by atoms with Gasteiger partial charge in [0.25, 0.3) is 5.91 Å². The molecule has 0 fully saturated rings. The molecule has 0 aliphatic rings. The number of hydrogen-bond donors (Lipinski definition) is 2. The average Bonchev–Trinajstić information content (AvgIpc) is 2.68. The number of benzene rings is 1. The number of amides is 1. The number of nitrogens with one attached hydrogen (secondary N) is 1. The molecule has 2 heterocycles. The van der Waals surface area contributed by atoms with Gasteiger partial charge in [0.05, 0.1) is 6.04 Å². The number of carbonyl (C=O) groups excluding carboxylic acids is 1. The first-order chi connectivity index (χ1) is 12.5. The molecule has 26 heavy (non-hydrogen) atoms. The van der Waals surface area contributed by atoms with Crippen LogP contribution in [0.1, 0.15) is 39.5 Å². The molecule has 2 N–H and O–H groups in total. The van der Waals surface area contributed by atoms with E-state index in [2.05, 4.69) is 20.3 Å². The van der Waals surface area contributed by atoms with Gasteiger partial charge in [-0.05, 0) is 30.2 Å². The van der Waals surface area contributed by atoms with Crippen LogP contribution in [0.3, 0.4) is 0 Å². The fraction of sp³-hybridized carbons (Fsp3) is 0.105. The number of carboxylic acid groups (broad SMARTS) is 1. The van der Waals surface area contributed by atoms with Gasteiger partial charge in [-0.1, -0.05) is 30.3 Å². The van der Waals surface area contributed by atoms with Crippen molar-refractivity contribution >= 4 is 11.9 Å². The molecule has 2 aromatic heterocycles. The van der Waals surface area contributed by atoms with E-state index >= 15 is 0 Å². The molecule has 1 amide bonds. The summed E-state index contributed by atoms with van der Waals surface area (Å²) in [6, 6.07) is 11.7. The molecular weight excluding hydrogens is 332 g/mol. The van der Waals surface area contributed by atoms with Crippen molar-refractivity contribution in [2.45, 2.75) is 13.0 Å². The van der Waals surface area contributed by atoms with Crippen molar-refractivity contribution in [1.82, 2.24) is 20.3 Å². The van der Waals surface area contributed by atoms with Crippen molar-refractivity contribution in [3.63, 3.8) is 0 Å². The highest BCUT2D eigenvalue weighted by Crippen LogP contribution is 2.20. The second-order valence-electron chi connectivity index (χ2n) is 5.66. The monoisotopic (exact) mass is 348 g/mol. The van der Waals surface area contributed by atoms with E-state index in [1.165, 1.54) is 24.5 Å². The Labute approximate surface area is 149 Å². The minimum atomic E-state index is -1.17. The van der Waals surface area contributed by atoms with Crippen LogP contribution in [0.2, 0.25) is 0 Å². The average molecular weight is 348 g/mol. The summed E-state index contributed by atoms with van der Waals surface area (Å²) in [7, 11) is 0. The van der Waals surface area contributed by atoms with E-state index in [1.807, 2.05) is 31.2 Å². The Hall–Kier alpha value is -3.61. The first kappa shape index (κ1) is 17.2. The lowest BCUT2D eigenvalue weighted by molar-refractivity contribution is 0.0690. The summed E-state index contributed by atoms with van der Waals surface area (Å²) in [4.78, 5) is 35.1. The number of carbonyl (C=O) groups is 2. The zero-order valence-corrected chi connectivity index (χ0v) is 14.0. The summed E-state index contributed by atoms with van der Waals surface area (Å²) in [5.41, 5.74) is 2.69. The number of rotatable bonds is 5. The molecule has 3 aromatic rings. The second-order valence-corrected chi connectivity index (χ2v) is 5.66. The Morgan fingerprint density at radius 2 is 1.62 bits per heavy atom. The van der Waals surface area contributed by atoms with Crippen molar-refractivity contribution in [3.05, 3.63) is 78.1 Å². The molecule has 1 atom stereocenters. The molecule has 130 valence electrons. The molecule has 0 aliphatic carbocycles. The Morgan fingerprint density at radius 1 is 0.962 bits per heavy atom. The minimum Gasteiger partial charge on any atom is -0.477 e. The van der Waals surface area contributed by atoms with Gasteiger partial charge in [-0.25, -0.2) is 19.7 Å². The first-order valence-corrected chi connectivity index (χ1v) is 7.91. The Morgan fingerprint density at radius 3 is 2.27 bits per heavy atom. The predicted molar refractivity (Wildman–Crippen MR) is 94.5 cm³/mol. The maximum atomic E-state index is 12.3. The number of hydrogen-bond acceptors (Lipinski definition) is 5. The minimum absolute atomic E-state index is 0.0646.